The van der Waals surface area contributed by atoms with Gasteiger partial charge in [0.05, 0.1) is 5.69 Å². The summed E-state index contributed by atoms with van der Waals surface area (Å²) < 4.78 is 2.15. The van der Waals surface area contributed by atoms with Crippen LogP contribution in [0.15, 0.2) is 36.7 Å². The Kier molecular flexibility index (Phi) is 3.45. The summed E-state index contributed by atoms with van der Waals surface area (Å²) in [5.74, 6) is 0.343. The van der Waals surface area contributed by atoms with E-state index in [0.29, 0.717) is 5.75 Å². The van der Waals surface area contributed by atoms with Gasteiger partial charge in [-0.25, -0.2) is 0 Å². The Morgan fingerprint density at radius 1 is 0.800 bits per heavy atom. The number of aromatic nitrogens is 1. The summed E-state index contributed by atoms with van der Waals surface area (Å²) in [5, 5.41) is 10.1. The van der Waals surface area contributed by atoms with Crippen molar-refractivity contribution in [3.05, 3.63) is 47.8 Å². The lowest BCUT2D eigenvalue weighted by Gasteiger charge is -2.30. The Labute approximate surface area is 122 Å². The van der Waals surface area contributed by atoms with E-state index in [1.807, 2.05) is 24.3 Å². The van der Waals surface area contributed by atoms with Crippen LogP contribution in [0.4, 0.5) is 0 Å². The lowest BCUT2D eigenvalue weighted by molar-refractivity contribution is 0.465. The molecule has 0 radical (unpaired) electrons. The van der Waals surface area contributed by atoms with Gasteiger partial charge in [0.1, 0.15) is 5.75 Å². The summed E-state index contributed by atoms with van der Waals surface area (Å²) >= 11 is 0. The molecular weight excluding hydrogens is 246 g/mol. The van der Waals surface area contributed by atoms with E-state index in [9.17, 15) is 5.11 Å². The molecule has 20 heavy (non-hydrogen) atoms. The molecule has 0 aliphatic heterocycles. The molecule has 0 fully saturated rings. The maximum absolute atomic E-state index is 10.1. The van der Waals surface area contributed by atoms with Crippen LogP contribution in [-0.2, 0) is 10.8 Å². The lowest BCUT2D eigenvalue weighted by Crippen LogP contribution is -2.21. The molecule has 2 rings (SSSR count). The Hall–Kier alpha value is -1.70. The topological polar surface area (TPSA) is 25.2 Å². The van der Waals surface area contributed by atoms with Gasteiger partial charge >= 0.3 is 0 Å². The van der Waals surface area contributed by atoms with Gasteiger partial charge in [-0.1, -0.05) is 41.5 Å². The van der Waals surface area contributed by atoms with E-state index in [1.165, 1.54) is 16.8 Å². The number of rotatable bonds is 1. The van der Waals surface area contributed by atoms with Crippen molar-refractivity contribution in [3.8, 4) is 11.4 Å². The molecule has 2 nitrogen and oxygen atoms in total. The zero-order valence-electron chi connectivity index (χ0n) is 13.4. The number of nitrogens with zero attached hydrogens (tertiary/aromatic N) is 1. The molecule has 0 saturated heterocycles. The second-order valence-electron chi connectivity index (χ2n) is 7.48. The van der Waals surface area contributed by atoms with Gasteiger partial charge in [-0.3, -0.25) is 0 Å². The van der Waals surface area contributed by atoms with Gasteiger partial charge in [-0.15, -0.1) is 0 Å². The predicted octanol–water partition coefficient (Wildman–Crippen LogP) is 4.78. The van der Waals surface area contributed by atoms with Crippen LogP contribution in [-0.4, -0.2) is 9.67 Å². The Morgan fingerprint density at radius 3 is 1.55 bits per heavy atom. The van der Waals surface area contributed by atoms with Gasteiger partial charge in [0.2, 0.25) is 0 Å². The second kappa shape index (κ2) is 4.69. The van der Waals surface area contributed by atoms with Crippen molar-refractivity contribution in [1.29, 1.82) is 0 Å². The third-order valence-electron chi connectivity index (χ3n) is 3.57. The van der Waals surface area contributed by atoms with Crippen LogP contribution < -0.4 is 0 Å². The first-order valence-corrected chi connectivity index (χ1v) is 7.12. The van der Waals surface area contributed by atoms with Crippen molar-refractivity contribution in [2.24, 2.45) is 0 Å². The molecule has 0 aliphatic rings. The van der Waals surface area contributed by atoms with Crippen LogP contribution in [0, 0.1) is 0 Å². The van der Waals surface area contributed by atoms with E-state index in [4.69, 9.17) is 0 Å². The number of hydrogen-bond donors (Lipinski definition) is 1. The summed E-state index contributed by atoms with van der Waals surface area (Å²) in [6.07, 6.45) is 4.13. The quantitative estimate of drug-likeness (QED) is 0.793. The van der Waals surface area contributed by atoms with Crippen molar-refractivity contribution in [2.45, 2.75) is 52.4 Å². The van der Waals surface area contributed by atoms with Crippen LogP contribution in [0.1, 0.15) is 52.7 Å². The van der Waals surface area contributed by atoms with Crippen LogP contribution in [0.2, 0.25) is 0 Å². The van der Waals surface area contributed by atoms with Gasteiger partial charge in [0.25, 0.3) is 0 Å². The van der Waals surface area contributed by atoms with Crippen molar-refractivity contribution in [1.82, 2.24) is 4.57 Å². The highest BCUT2D eigenvalue weighted by Gasteiger charge is 2.27. The molecule has 0 amide bonds. The normalized spacial score (nSPS) is 12.7. The number of benzene rings is 1. The van der Waals surface area contributed by atoms with E-state index in [0.717, 1.165) is 0 Å². The van der Waals surface area contributed by atoms with Gasteiger partial charge in [-0.05, 0) is 46.2 Å². The minimum atomic E-state index is -0.0294. The predicted molar refractivity (Wildman–Crippen MR) is 84.8 cm³/mol. The molecule has 0 bridgehead atoms. The smallest absolute Gasteiger partial charge is 0.116 e. The van der Waals surface area contributed by atoms with Gasteiger partial charge in [0, 0.05) is 12.4 Å². The average molecular weight is 271 g/mol. The zero-order chi connectivity index (χ0) is 15.1. The summed E-state index contributed by atoms with van der Waals surface area (Å²) in [7, 11) is 0. The molecule has 1 aromatic carbocycles. The van der Waals surface area contributed by atoms with Crippen molar-refractivity contribution in [3.63, 3.8) is 0 Å². The molecular formula is C18H25NO. The van der Waals surface area contributed by atoms with Crippen LogP contribution >= 0.6 is 0 Å². The molecule has 2 heteroatoms. The van der Waals surface area contributed by atoms with Crippen LogP contribution in [0.3, 0.4) is 0 Å². The summed E-state index contributed by atoms with van der Waals surface area (Å²) in [6.45, 7) is 13.1. The van der Waals surface area contributed by atoms with Crippen LogP contribution in [0.25, 0.3) is 5.69 Å². The number of phenols is 1. The molecule has 2 aromatic rings. The number of hydrogen-bond acceptors (Lipinski definition) is 1. The third-order valence-corrected chi connectivity index (χ3v) is 3.57. The fraction of sp³-hybridized carbons (Fsp3) is 0.444. The number of phenolic OH excluding ortho intramolecular Hbond substituents is 1. The van der Waals surface area contributed by atoms with E-state index >= 15 is 0 Å². The molecule has 1 aromatic heterocycles. The first-order valence-electron chi connectivity index (χ1n) is 7.12. The monoisotopic (exact) mass is 271 g/mol. The molecule has 0 aliphatic carbocycles. The maximum atomic E-state index is 10.1. The second-order valence-corrected chi connectivity index (χ2v) is 7.48. The minimum Gasteiger partial charge on any atom is -0.508 e. The number of aromatic hydroxyl groups is 1. The van der Waals surface area contributed by atoms with E-state index < -0.39 is 0 Å². The van der Waals surface area contributed by atoms with Crippen molar-refractivity contribution in [2.75, 3.05) is 0 Å². The van der Waals surface area contributed by atoms with E-state index in [2.05, 4.69) is 58.5 Å². The average Bonchev–Trinajstić information content (AvgIpc) is 2.78. The highest BCUT2D eigenvalue weighted by atomic mass is 16.3. The molecule has 0 spiro atoms. The third kappa shape index (κ3) is 2.74. The minimum absolute atomic E-state index is 0.0294. The highest BCUT2D eigenvalue weighted by Crippen LogP contribution is 2.39. The van der Waals surface area contributed by atoms with Crippen molar-refractivity contribution < 1.29 is 5.11 Å². The first kappa shape index (κ1) is 14.7. The summed E-state index contributed by atoms with van der Waals surface area (Å²) in [4.78, 5) is 0. The standard InChI is InChI=1S/C18H25NO/c1-17(2,3)14-11-13(20)12-15(18(4,5)6)16(14)19-9-7-8-10-19/h7-12,20H,1-6H3. The van der Waals surface area contributed by atoms with E-state index in [-0.39, 0.29) is 10.8 Å². The van der Waals surface area contributed by atoms with Gasteiger partial charge in [0.15, 0.2) is 0 Å². The van der Waals surface area contributed by atoms with Crippen molar-refractivity contribution >= 4 is 0 Å². The highest BCUT2D eigenvalue weighted by molar-refractivity contribution is 5.57. The SMILES string of the molecule is CC(C)(C)c1cc(O)cc(C(C)(C)C)c1-n1cccc1. The van der Waals surface area contributed by atoms with Gasteiger partial charge in [-0.2, -0.15) is 0 Å². The van der Waals surface area contributed by atoms with Crippen LogP contribution in [0.5, 0.6) is 5.75 Å². The fourth-order valence-corrected chi connectivity index (χ4v) is 2.52. The van der Waals surface area contributed by atoms with E-state index in [1.54, 1.807) is 0 Å². The zero-order valence-corrected chi connectivity index (χ0v) is 13.4. The van der Waals surface area contributed by atoms with Gasteiger partial charge < -0.3 is 9.67 Å². The Bertz CT molecular complexity index is 560. The summed E-state index contributed by atoms with van der Waals surface area (Å²) in [5.41, 5.74) is 3.46. The molecule has 0 saturated carbocycles. The molecule has 1 heterocycles. The lowest BCUT2D eigenvalue weighted by atomic mass is 9.78. The molecule has 0 unspecified atom stereocenters. The Morgan fingerprint density at radius 2 is 1.20 bits per heavy atom. The first-order chi connectivity index (χ1) is 9.10. The molecule has 0 atom stereocenters. The molecule has 1 N–H and O–H groups in total. The molecule has 108 valence electrons. The maximum Gasteiger partial charge on any atom is 0.116 e. The fourth-order valence-electron chi connectivity index (χ4n) is 2.52. The Balaban J connectivity index is 2.85. The largest absolute Gasteiger partial charge is 0.508 e. The summed E-state index contributed by atoms with van der Waals surface area (Å²) in [6, 6.07) is 7.85.